The molecule has 0 aliphatic rings. The highest BCUT2D eigenvalue weighted by Gasteiger charge is 2.12. The van der Waals surface area contributed by atoms with E-state index in [1.54, 1.807) is 0 Å². The molecule has 0 aromatic heterocycles. The Morgan fingerprint density at radius 3 is 2.09 bits per heavy atom. The normalized spacial score (nSPS) is 11.0. The topological polar surface area (TPSA) is 17.1 Å². The Labute approximate surface area is 134 Å². The average molecular weight is 294 g/mol. The van der Waals surface area contributed by atoms with Gasteiger partial charge in [0.05, 0.1) is 0 Å². The van der Waals surface area contributed by atoms with Crippen molar-refractivity contribution >= 4 is 5.78 Å². The summed E-state index contributed by atoms with van der Waals surface area (Å²) in [6.07, 6.45) is 2.70. The van der Waals surface area contributed by atoms with E-state index < -0.39 is 0 Å². The predicted molar refractivity (Wildman–Crippen MR) is 93.6 cm³/mol. The van der Waals surface area contributed by atoms with E-state index in [0.29, 0.717) is 12.3 Å². The molecule has 1 heteroatoms. The Bertz CT molecular complexity index is 615. The van der Waals surface area contributed by atoms with E-state index in [9.17, 15) is 4.79 Å². The van der Waals surface area contributed by atoms with Gasteiger partial charge in [-0.25, -0.2) is 0 Å². The number of rotatable bonds is 6. The van der Waals surface area contributed by atoms with Gasteiger partial charge in [0, 0.05) is 12.0 Å². The van der Waals surface area contributed by atoms with Crippen LogP contribution in [0.5, 0.6) is 0 Å². The van der Waals surface area contributed by atoms with Gasteiger partial charge < -0.3 is 0 Å². The standard InChI is InChI=1S/C21H26O/c1-15(2)12-21(22)19-13-16(3)20(17(4)14-19)11-10-18-8-6-5-7-9-18/h5-9,13-15H,10-12H2,1-4H3. The summed E-state index contributed by atoms with van der Waals surface area (Å²) in [6.45, 7) is 8.43. The molecular formula is C21H26O. The van der Waals surface area contributed by atoms with Gasteiger partial charge in [-0.05, 0) is 67.0 Å². The molecule has 0 saturated heterocycles. The maximum Gasteiger partial charge on any atom is 0.163 e. The predicted octanol–water partition coefficient (Wildman–Crippen LogP) is 5.32. The van der Waals surface area contributed by atoms with Gasteiger partial charge in [-0.2, -0.15) is 0 Å². The van der Waals surface area contributed by atoms with Crippen LogP contribution in [0.2, 0.25) is 0 Å². The van der Waals surface area contributed by atoms with Crippen molar-refractivity contribution in [3.63, 3.8) is 0 Å². The first kappa shape index (κ1) is 16.5. The van der Waals surface area contributed by atoms with Crippen molar-refractivity contribution in [2.45, 2.75) is 47.0 Å². The number of hydrogen-bond donors (Lipinski definition) is 0. The van der Waals surface area contributed by atoms with Crippen molar-refractivity contribution in [1.82, 2.24) is 0 Å². The van der Waals surface area contributed by atoms with Crippen LogP contribution in [0.3, 0.4) is 0 Å². The maximum absolute atomic E-state index is 12.3. The molecule has 1 nitrogen and oxygen atoms in total. The molecule has 2 rings (SSSR count). The molecule has 116 valence electrons. The zero-order chi connectivity index (χ0) is 16.1. The summed E-state index contributed by atoms with van der Waals surface area (Å²) in [7, 11) is 0. The van der Waals surface area contributed by atoms with Crippen LogP contribution in [0, 0.1) is 19.8 Å². The number of carbonyl (C=O) groups is 1. The fourth-order valence-corrected chi connectivity index (χ4v) is 2.95. The van der Waals surface area contributed by atoms with Gasteiger partial charge in [0.25, 0.3) is 0 Å². The molecule has 0 aliphatic carbocycles. The minimum Gasteiger partial charge on any atom is -0.294 e. The fourth-order valence-electron chi connectivity index (χ4n) is 2.95. The largest absolute Gasteiger partial charge is 0.294 e. The van der Waals surface area contributed by atoms with E-state index in [2.05, 4.69) is 70.2 Å². The second-order valence-corrected chi connectivity index (χ2v) is 6.60. The zero-order valence-electron chi connectivity index (χ0n) is 14.1. The fraction of sp³-hybridized carbons (Fsp3) is 0.381. The second kappa shape index (κ2) is 7.40. The minimum absolute atomic E-state index is 0.260. The summed E-state index contributed by atoms with van der Waals surface area (Å²) in [4.78, 5) is 12.3. The highest BCUT2D eigenvalue weighted by molar-refractivity contribution is 5.96. The molecule has 0 bridgehead atoms. The molecule has 0 N–H and O–H groups in total. The molecule has 0 aliphatic heterocycles. The molecule has 0 radical (unpaired) electrons. The van der Waals surface area contributed by atoms with Crippen molar-refractivity contribution in [2.24, 2.45) is 5.92 Å². The monoisotopic (exact) mass is 294 g/mol. The number of Topliss-reactive ketones (excluding diaryl/α,β-unsaturated/α-hetero) is 1. The van der Waals surface area contributed by atoms with Crippen molar-refractivity contribution < 1.29 is 4.79 Å². The van der Waals surface area contributed by atoms with E-state index in [0.717, 1.165) is 18.4 Å². The van der Waals surface area contributed by atoms with E-state index in [1.807, 2.05) is 0 Å². The third-order valence-electron chi connectivity index (χ3n) is 4.12. The summed E-state index contributed by atoms with van der Waals surface area (Å²) in [5, 5.41) is 0. The highest BCUT2D eigenvalue weighted by atomic mass is 16.1. The van der Waals surface area contributed by atoms with Crippen molar-refractivity contribution in [1.29, 1.82) is 0 Å². The average Bonchev–Trinajstić information content (AvgIpc) is 2.46. The summed E-state index contributed by atoms with van der Waals surface area (Å²) < 4.78 is 0. The van der Waals surface area contributed by atoms with Gasteiger partial charge >= 0.3 is 0 Å². The van der Waals surface area contributed by atoms with Gasteiger partial charge in [-0.3, -0.25) is 4.79 Å². The number of ketones is 1. The summed E-state index contributed by atoms with van der Waals surface area (Å²) >= 11 is 0. The highest BCUT2D eigenvalue weighted by Crippen LogP contribution is 2.21. The maximum atomic E-state index is 12.3. The molecule has 2 aromatic rings. The lowest BCUT2D eigenvalue weighted by Gasteiger charge is -2.13. The number of hydrogen-bond acceptors (Lipinski definition) is 1. The molecule has 22 heavy (non-hydrogen) atoms. The van der Waals surface area contributed by atoms with Crippen molar-refractivity contribution in [2.75, 3.05) is 0 Å². The number of benzene rings is 2. The minimum atomic E-state index is 0.260. The Hall–Kier alpha value is -1.89. The smallest absolute Gasteiger partial charge is 0.163 e. The Morgan fingerprint density at radius 2 is 1.55 bits per heavy atom. The van der Waals surface area contributed by atoms with Crippen molar-refractivity contribution in [3.05, 3.63) is 70.3 Å². The third kappa shape index (κ3) is 4.30. The molecule has 0 spiro atoms. The van der Waals surface area contributed by atoms with Crippen LogP contribution in [0.15, 0.2) is 42.5 Å². The summed E-state index contributed by atoms with van der Waals surface area (Å²) in [5.41, 5.74) is 6.09. The zero-order valence-corrected chi connectivity index (χ0v) is 14.1. The third-order valence-corrected chi connectivity index (χ3v) is 4.12. The number of aryl methyl sites for hydroxylation is 3. The molecule has 0 heterocycles. The van der Waals surface area contributed by atoms with Crippen molar-refractivity contribution in [3.8, 4) is 0 Å². The Morgan fingerprint density at radius 1 is 0.955 bits per heavy atom. The van der Waals surface area contributed by atoms with E-state index in [-0.39, 0.29) is 5.78 Å². The number of carbonyl (C=O) groups excluding carboxylic acids is 1. The van der Waals surface area contributed by atoms with Crippen LogP contribution in [-0.2, 0) is 12.8 Å². The molecular weight excluding hydrogens is 268 g/mol. The lowest BCUT2D eigenvalue weighted by Crippen LogP contribution is -2.06. The van der Waals surface area contributed by atoms with Crippen LogP contribution >= 0.6 is 0 Å². The molecule has 2 aromatic carbocycles. The SMILES string of the molecule is Cc1cc(C(=O)CC(C)C)cc(C)c1CCc1ccccc1. The van der Waals surface area contributed by atoms with E-state index in [1.165, 1.54) is 22.3 Å². The second-order valence-electron chi connectivity index (χ2n) is 6.60. The molecule has 0 atom stereocenters. The lowest BCUT2D eigenvalue weighted by atomic mass is 9.91. The summed E-state index contributed by atoms with van der Waals surface area (Å²) in [5.74, 6) is 0.668. The van der Waals surface area contributed by atoms with Gasteiger partial charge in [0.2, 0.25) is 0 Å². The van der Waals surface area contributed by atoms with Gasteiger partial charge in [0.15, 0.2) is 5.78 Å². The Balaban J connectivity index is 2.15. The van der Waals surface area contributed by atoms with Gasteiger partial charge in [0.1, 0.15) is 0 Å². The van der Waals surface area contributed by atoms with Crippen LogP contribution in [0.25, 0.3) is 0 Å². The lowest BCUT2D eigenvalue weighted by molar-refractivity contribution is 0.0967. The molecule has 0 unspecified atom stereocenters. The first-order chi connectivity index (χ1) is 10.5. The Kier molecular flexibility index (Phi) is 5.54. The van der Waals surface area contributed by atoms with Crippen LogP contribution in [-0.4, -0.2) is 5.78 Å². The molecule has 0 saturated carbocycles. The summed E-state index contributed by atoms with van der Waals surface area (Å²) in [6, 6.07) is 14.7. The van der Waals surface area contributed by atoms with Crippen LogP contribution < -0.4 is 0 Å². The first-order valence-corrected chi connectivity index (χ1v) is 8.14. The quantitative estimate of drug-likeness (QED) is 0.659. The van der Waals surface area contributed by atoms with Crippen LogP contribution in [0.1, 0.15) is 52.9 Å². The van der Waals surface area contributed by atoms with E-state index >= 15 is 0 Å². The first-order valence-electron chi connectivity index (χ1n) is 8.14. The van der Waals surface area contributed by atoms with E-state index in [4.69, 9.17) is 0 Å². The van der Waals surface area contributed by atoms with Gasteiger partial charge in [-0.15, -0.1) is 0 Å². The molecule has 0 amide bonds. The van der Waals surface area contributed by atoms with Crippen LogP contribution in [0.4, 0.5) is 0 Å². The van der Waals surface area contributed by atoms with Gasteiger partial charge in [-0.1, -0.05) is 44.2 Å². The molecule has 0 fully saturated rings.